The number of hydrogen-bond acceptors (Lipinski definition) is 2. The van der Waals surface area contributed by atoms with E-state index in [4.69, 9.17) is 23.2 Å². The minimum absolute atomic E-state index is 0.643. The molecule has 2 nitrogen and oxygen atoms in total. The maximum Gasteiger partial charge on any atom is 0.109 e. The lowest BCUT2D eigenvalue weighted by Crippen LogP contribution is -2.00. The molecular formula is C13H11BrCl2N2. The molecule has 0 atom stereocenters. The van der Waals surface area contributed by atoms with Crippen LogP contribution < -0.4 is 5.32 Å². The smallest absolute Gasteiger partial charge is 0.109 e. The number of pyridine rings is 1. The molecule has 2 rings (SSSR count). The molecule has 1 aromatic heterocycles. The summed E-state index contributed by atoms with van der Waals surface area (Å²) in [6.07, 6.45) is 1.78. The molecule has 0 unspecified atom stereocenters. The minimum Gasteiger partial charge on any atom is -0.380 e. The third-order valence-electron chi connectivity index (χ3n) is 2.43. The molecule has 0 bridgehead atoms. The van der Waals surface area contributed by atoms with Crippen molar-refractivity contribution in [2.24, 2.45) is 0 Å². The highest BCUT2D eigenvalue weighted by Gasteiger charge is 2.01. The maximum absolute atomic E-state index is 5.95. The summed E-state index contributed by atoms with van der Waals surface area (Å²) in [5.74, 6) is 0. The van der Waals surface area contributed by atoms with Crippen LogP contribution in [0.3, 0.4) is 0 Å². The van der Waals surface area contributed by atoms with Gasteiger partial charge < -0.3 is 5.32 Å². The zero-order valence-electron chi connectivity index (χ0n) is 9.67. The van der Waals surface area contributed by atoms with Crippen molar-refractivity contribution in [2.45, 2.75) is 13.5 Å². The van der Waals surface area contributed by atoms with Crippen molar-refractivity contribution in [3.05, 3.63) is 56.2 Å². The summed E-state index contributed by atoms with van der Waals surface area (Å²) in [7, 11) is 0. The van der Waals surface area contributed by atoms with Crippen molar-refractivity contribution >= 4 is 44.8 Å². The van der Waals surface area contributed by atoms with E-state index in [9.17, 15) is 0 Å². The normalized spacial score (nSPS) is 10.4. The molecule has 0 aliphatic carbocycles. The van der Waals surface area contributed by atoms with Gasteiger partial charge in [0.1, 0.15) is 4.60 Å². The number of rotatable bonds is 3. The first-order valence-corrected chi connectivity index (χ1v) is 6.90. The van der Waals surface area contributed by atoms with Crippen LogP contribution in [0.5, 0.6) is 0 Å². The molecule has 18 heavy (non-hydrogen) atoms. The highest BCUT2D eigenvalue weighted by molar-refractivity contribution is 9.10. The number of nitrogens with one attached hydrogen (secondary N) is 1. The van der Waals surface area contributed by atoms with Gasteiger partial charge in [0.15, 0.2) is 0 Å². The topological polar surface area (TPSA) is 24.9 Å². The number of aromatic nitrogens is 1. The van der Waals surface area contributed by atoms with Crippen molar-refractivity contribution in [1.82, 2.24) is 4.98 Å². The molecule has 0 amide bonds. The third kappa shape index (κ3) is 3.61. The van der Waals surface area contributed by atoms with E-state index < -0.39 is 0 Å². The van der Waals surface area contributed by atoms with Gasteiger partial charge in [-0.2, -0.15) is 0 Å². The Hall–Kier alpha value is -0.770. The van der Waals surface area contributed by atoms with Crippen LogP contribution in [-0.2, 0) is 6.54 Å². The Balaban J connectivity index is 2.08. The molecule has 0 fully saturated rings. The summed E-state index contributed by atoms with van der Waals surface area (Å²) < 4.78 is 0.860. The fourth-order valence-electron chi connectivity index (χ4n) is 1.57. The van der Waals surface area contributed by atoms with Gasteiger partial charge in [-0.3, -0.25) is 0 Å². The Kier molecular flexibility index (Phi) is 4.49. The highest BCUT2D eigenvalue weighted by Crippen LogP contribution is 2.21. The number of benzene rings is 1. The Labute approximate surface area is 124 Å². The van der Waals surface area contributed by atoms with E-state index in [-0.39, 0.29) is 0 Å². The van der Waals surface area contributed by atoms with E-state index in [0.717, 1.165) is 21.4 Å². The predicted octanol–water partition coefficient (Wildman–Crippen LogP) is 5.07. The molecule has 0 radical (unpaired) electrons. The SMILES string of the molecule is Cc1cc(NCc2cc(Cl)cc(Cl)c2)cnc1Br. The monoisotopic (exact) mass is 344 g/mol. The second kappa shape index (κ2) is 5.91. The van der Waals surface area contributed by atoms with Crippen molar-refractivity contribution in [3.8, 4) is 0 Å². The molecule has 1 N–H and O–H groups in total. The lowest BCUT2D eigenvalue weighted by atomic mass is 10.2. The van der Waals surface area contributed by atoms with E-state index in [1.807, 2.05) is 25.1 Å². The van der Waals surface area contributed by atoms with Crippen LogP contribution in [0.25, 0.3) is 0 Å². The van der Waals surface area contributed by atoms with Crippen LogP contribution in [0.1, 0.15) is 11.1 Å². The number of anilines is 1. The van der Waals surface area contributed by atoms with Crippen molar-refractivity contribution < 1.29 is 0 Å². The maximum atomic E-state index is 5.95. The molecule has 1 aromatic carbocycles. The summed E-state index contributed by atoms with van der Waals surface area (Å²) in [5.41, 5.74) is 3.09. The van der Waals surface area contributed by atoms with Crippen molar-refractivity contribution in [3.63, 3.8) is 0 Å². The van der Waals surface area contributed by atoms with E-state index in [1.54, 1.807) is 12.3 Å². The first kappa shape index (κ1) is 13.7. The minimum atomic E-state index is 0.643. The summed E-state index contributed by atoms with van der Waals surface area (Å²) in [6, 6.07) is 7.53. The van der Waals surface area contributed by atoms with Gasteiger partial charge in [0.2, 0.25) is 0 Å². The molecular weight excluding hydrogens is 335 g/mol. The number of halogens is 3. The number of hydrogen-bond donors (Lipinski definition) is 1. The molecule has 0 spiro atoms. The average molecular weight is 346 g/mol. The lowest BCUT2D eigenvalue weighted by molar-refractivity contribution is 1.12. The predicted molar refractivity (Wildman–Crippen MR) is 80.5 cm³/mol. The first-order valence-electron chi connectivity index (χ1n) is 5.35. The quantitative estimate of drug-likeness (QED) is 0.785. The fourth-order valence-corrected chi connectivity index (χ4v) is 2.36. The van der Waals surface area contributed by atoms with Gasteiger partial charge in [0, 0.05) is 16.6 Å². The van der Waals surface area contributed by atoms with Crippen LogP contribution in [0.15, 0.2) is 35.1 Å². The summed E-state index contributed by atoms with van der Waals surface area (Å²) in [6.45, 7) is 2.65. The van der Waals surface area contributed by atoms with E-state index in [1.165, 1.54) is 0 Å². The Morgan fingerprint density at radius 3 is 2.44 bits per heavy atom. The van der Waals surface area contributed by atoms with Crippen LogP contribution in [-0.4, -0.2) is 4.98 Å². The highest BCUT2D eigenvalue weighted by atomic mass is 79.9. The van der Waals surface area contributed by atoms with Crippen molar-refractivity contribution in [1.29, 1.82) is 0 Å². The lowest BCUT2D eigenvalue weighted by Gasteiger charge is -2.08. The zero-order chi connectivity index (χ0) is 13.1. The summed E-state index contributed by atoms with van der Waals surface area (Å²) in [5, 5.41) is 4.57. The van der Waals surface area contributed by atoms with Crippen LogP contribution in [0, 0.1) is 6.92 Å². The largest absolute Gasteiger partial charge is 0.380 e. The van der Waals surface area contributed by atoms with Crippen LogP contribution in [0.2, 0.25) is 10.0 Å². The average Bonchev–Trinajstić information content (AvgIpc) is 2.29. The van der Waals surface area contributed by atoms with Gasteiger partial charge >= 0.3 is 0 Å². The van der Waals surface area contributed by atoms with E-state index in [2.05, 4.69) is 26.2 Å². The van der Waals surface area contributed by atoms with Gasteiger partial charge in [-0.15, -0.1) is 0 Å². The second-order valence-corrected chi connectivity index (χ2v) is 5.59. The molecule has 0 saturated carbocycles. The van der Waals surface area contributed by atoms with E-state index >= 15 is 0 Å². The summed E-state index contributed by atoms with van der Waals surface area (Å²) >= 11 is 15.3. The van der Waals surface area contributed by atoms with E-state index in [0.29, 0.717) is 16.6 Å². The first-order chi connectivity index (χ1) is 8.54. The van der Waals surface area contributed by atoms with Crippen LogP contribution in [0.4, 0.5) is 5.69 Å². The fraction of sp³-hybridized carbons (Fsp3) is 0.154. The Morgan fingerprint density at radius 2 is 1.83 bits per heavy atom. The molecule has 94 valence electrons. The van der Waals surface area contributed by atoms with Gasteiger partial charge in [0.25, 0.3) is 0 Å². The molecule has 1 heterocycles. The number of nitrogens with zero attached hydrogens (tertiary/aromatic N) is 1. The molecule has 0 aliphatic rings. The van der Waals surface area contributed by atoms with Gasteiger partial charge in [-0.05, 0) is 58.2 Å². The standard InChI is InChI=1S/C13H11BrCl2N2/c1-8-2-12(7-18-13(8)14)17-6-9-3-10(15)5-11(16)4-9/h2-5,7,17H,6H2,1H3. The number of aryl methyl sites for hydroxylation is 1. The zero-order valence-corrected chi connectivity index (χ0v) is 12.8. The van der Waals surface area contributed by atoms with Gasteiger partial charge in [-0.25, -0.2) is 4.98 Å². The molecule has 2 aromatic rings. The molecule has 0 saturated heterocycles. The Morgan fingerprint density at radius 1 is 1.17 bits per heavy atom. The van der Waals surface area contributed by atoms with Crippen molar-refractivity contribution in [2.75, 3.05) is 5.32 Å². The van der Waals surface area contributed by atoms with Gasteiger partial charge in [0.05, 0.1) is 11.9 Å². The third-order valence-corrected chi connectivity index (χ3v) is 3.70. The second-order valence-electron chi connectivity index (χ2n) is 3.96. The van der Waals surface area contributed by atoms with Gasteiger partial charge in [-0.1, -0.05) is 23.2 Å². The van der Waals surface area contributed by atoms with Crippen LogP contribution >= 0.6 is 39.1 Å². The summed E-state index contributed by atoms with van der Waals surface area (Å²) in [4.78, 5) is 4.23. The molecule has 5 heteroatoms. The Bertz CT molecular complexity index is 553. The molecule has 0 aliphatic heterocycles.